The van der Waals surface area contributed by atoms with E-state index in [-0.39, 0.29) is 5.97 Å². The quantitative estimate of drug-likeness (QED) is 0.376. The zero-order chi connectivity index (χ0) is 19.9. The first kappa shape index (κ1) is 20.2. The van der Waals surface area contributed by atoms with Crippen LogP contribution in [0.25, 0.3) is 5.69 Å². The molecular formula is C23H26N2O2S. The average molecular weight is 395 g/mol. The Kier molecular flexibility index (Phi) is 6.93. The number of aryl methyl sites for hydroxylation is 2. The number of esters is 1. The van der Waals surface area contributed by atoms with Gasteiger partial charge in [0.2, 0.25) is 0 Å². The SMILES string of the molecule is CCOC(=O)c1cnc(SCc2ccccc2)n1-c1c(CC)cccc1CC. The molecule has 0 aliphatic heterocycles. The van der Waals surface area contributed by atoms with Crippen LogP contribution >= 0.6 is 11.8 Å². The molecule has 0 amide bonds. The maximum atomic E-state index is 12.6. The third-order valence-corrected chi connectivity index (χ3v) is 5.64. The van der Waals surface area contributed by atoms with Crippen molar-refractivity contribution in [2.45, 2.75) is 44.5 Å². The van der Waals surface area contributed by atoms with E-state index in [0.717, 1.165) is 29.4 Å². The molecule has 1 aromatic heterocycles. The van der Waals surface area contributed by atoms with Crippen molar-refractivity contribution < 1.29 is 9.53 Å². The standard InChI is InChI=1S/C23H26N2O2S/c1-4-18-13-10-14-19(5-2)21(18)25-20(22(26)27-6-3)15-24-23(25)28-16-17-11-8-7-9-12-17/h7-15H,4-6,16H2,1-3H3. The van der Waals surface area contributed by atoms with Gasteiger partial charge in [-0.2, -0.15) is 0 Å². The van der Waals surface area contributed by atoms with Crippen molar-refractivity contribution in [1.82, 2.24) is 9.55 Å². The molecule has 0 aliphatic rings. The zero-order valence-corrected chi connectivity index (χ0v) is 17.5. The second-order valence-electron chi connectivity index (χ2n) is 6.39. The van der Waals surface area contributed by atoms with Gasteiger partial charge in [-0.15, -0.1) is 0 Å². The van der Waals surface area contributed by atoms with Crippen molar-refractivity contribution in [2.24, 2.45) is 0 Å². The van der Waals surface area contributed by atoms with Gasteiger partial charge in [0.1, 0.15) is 0 Å². The van der Waals surface area contributed by atoms with Gasteiger partial charge < -0.3 is 4.74 Å². The molecule has 2 aromatic carbocycles. The number of benzene rings is 2. The lowest BCUT2D eigenvalue weighted by atomic mass is 10.0. The van der Waals surface area contributed by atoms with Gasteiger partial charge in [0.05, 0.1) is 18.5 Å². The molecule has 0 bridgehead atoms. The summed E-state index contributed by atoms with van der Waals surface area (Å²) in [6, 6.07) is 16.6. The Morgan fingerprint density at radius 2 is 1.68 bits per heavy atom. The van der Waals surface area contributed by atoms with Crippen LogP contribution in [-0.2, 0) is 23.3 Å². The number of carbonyl (C=O) groups excluding carboxylic acids is 1. The second-order valence-corrected chi connectivity index (χ2v) is 7.33. The van der Waals surface area contributed by atoms with Gasteiger partial charge in [0.15, 0.2) is 10.9 Å². The summed E-state index contributed by atoms with van der Waals surface area (Å²) in [6.07, 6.45) is 3.40. The number of imidazole rings is 1. The molecule has 146 valence electrons. The molecule has 0 aliphatic carbocycles. The molecule has 0 spiro atoms. The number of carbonyl (C=O) groups is 1. The molecule has 0 saturated carbocycles. The largest absolute Gasteiger partial charge is 0.461 e. The van der Waals surface area contributed by atoms with Gasteiger partial charge in [-0.25, -0.2) is 9.78 Å². The molecule has 28 heavy (non-hydrogen) atoms. The van der Waals surface area contributed by atoms with E-state index in [1.54, 1.807) is 18.0 Å². The van der Waals surface area contributed by atoms with Gasteiger partial charge in [-0.1, -0.05) is 74.1 Å². The van der Waals surface area contributed by atoms with Crippen LogP contribution in [0.15, 0.2) is 59.9 Å². The summed E-state index contributed by atoms with van der Waals surface area (Å²) in [5, 5.41) is 0.808. The zero-order valence-electron chi connectivity index (χ0n) is 16.6. The monoisotopic (exact) mass is 394 g/mol. The number of aromatic nitrogens is 2. The lowest BCUT2D eigenvalue weighted by Gasteiger charge is -2.18. The molecule has 4 nitrogen and oxygen atoms in total. The summed E-state index contributed by atoms with van der Waals surface area (Å²) in [4.78, 5) is 17.2. The van der Waals surface area contributed by atoms with Gasteiger partial charge in [0.25, 0.3) is 0 Å². The van der Waals surface area contributed by atoms with E-state index < -0.39 is 0 Å². The average Bonchev–Trinajstić information content (AvgIpc) is 3.16. The first-order valence-corrected chi connectivity index (χ1v) is 10.7. The molecule has 3 aromatic rings. The summed E-state index contributed by atoms with van der Waals surface area (Å²) in [5.41, 5.74) is 5.16. The third-order valence-electron chi connectivity index (χ3n) is 4.61. The van der Waals surface area contributed by atoms with Crippen molar-refractivity contribution in [2.75, 3.05) is 6.61 Å². The second kappa shape index (κ2) is 9.60. The fourth-order valence-electron chi connectivity index (χ4n) is 3.23. The molecule has 0 N–H and O–H groups in total. The van der Waals surface area contributed by atoms with Crippen molar-refractivity contribution >= 4 is 17.7 Å². The molecule has 1 heterocycles. The van der Waals surface area contributed by atoms with E-state index in [1.807, 2.05) is 29.7 Å². The molecule has 0 radical (unpaired) electrons. The van der Waals surface area contributed by atoms with Gasteiger partial charge in [-0.05, 0) is 36.5 Å². The maximum absolute atomic E-state index is 12.6. The Morgan fingerprint density at radius 1 is 1.00 bits per heavy atom. The highest BCUT2D eigenvalue weighted by Gasteiger charge is 2.22. The Hall–Kier alpha value is -2.53. The summed E-state index contributed by atoms with van der Waals surface area (Å²) in [5.74, 6) is 0.449. The van der Waals surface area contributed by atoms with Crippen molar-refractivity contribution in [3.8, 4) is 5.69 Å². The van der Waals surface area contributed by atoms with E-state index in [2.05, 4.69) is 49.2 Å². The van der Waals surface area contributed by atoms with Crippen molar-refractivity contribution in [3.63, 3.8) is 0 Å². The lowest BCUT2D eigenvalue weighted by Crippen LogP contribution is -2.14. The number of hydrogen-bond donors (Lipinski definition) is 0. The molecule has 3 rings (SSSR count). The summed E-state index contributed by atoms with van der Waals surface area (Å²) >= 11 is 1.63. The number of ether oxygens (including phenoxy) is 1. The molecule has 0 saturated heterocycles. The Bertz CT molecular complexity index is 913. The van der Waals surface area contributed by atoms with Crippen LogP contribution in [0.4, 0.5) is 0 Å². The van der Waals surface area contributed by atoms with Crippen LogP contribution in [0.5, 0.6) is 0 Å². The van der Waals surface area contributed by atoms with Crippen LogP contribution < -0.4 is 0 Å². The van der Waals surface area contributed by atoms with E-state index in [0.29, 0.717) is 12.3 Å². The van der Waals surface area contributed by atoms with Crippen LogP contribution in [0.2, 0.25) is 0 Å². The summed E-state index contributed by atoms with van der Waals surface area (Å²) < 4.78 is 7.29. The number of para-hydroxylation sites is 1. The predicted octanol–water partition coefficient (Wildman–Crippen LogP) is 5.47. The number of nitrogens with zero attached hydrogens (tertiary/aromatic N) is 2. The Morgan fingerprint density at radius 3 is 2.29 bits per heavy atom. The number of thioether (sulfide) groups is 1. The molecule has 5 heteroatoms. The van der Waals surface area contributed by atoms with Gasteiger partial charge in [0, 0.05) is 5.75 Å². The minimum atomic E-state index is -0.338. The molecular weight excluding hydrogens is 368 g/mol. The third kappa shape index (κ3) is 4.30. The Balaban J connectivity index is 2.09. The van der Waals surface area contributed by atoms with Crippen LogP contribution in [0, 0.1) is 0 Å². The Labute approximate surface area is 171 Å². The van der Waals surface area contributed by atoms with Gasteiger partial charge >= 0.3 is 5.97 Å². The fourth-order valence-corrected chi connectivity index (χ4v) is 4.16. The summed E-state index contributed by atoms with van der Waals surface area (Å²) in [6.45, 7) is 6.43. The highest BCUT2D eigenvalue weighted by Crippen LogP contribution is 2.31. The highest BCUT2D eigenvalue weighted by atomic mass is 32.2. The van der Waals surface area contributed by atoms with Crippen molar-refractivity contribution in [1.29, 1.82) is 0 Å². The van der Waals surface area contributed by atoms with E-state index in [4.69, 9.17) is 4.74 Å². The number of hydrogen-bond acceptors (Lipinski definition) is 4. The topological polar surface area (TPSA) is 44.1 Å². The molecule has 0 fully saturated rings. The van der Waals surface area contributed by atoms with Crippen LogP contribution in [0.3, 0.4) is 0 Å². The smallest absolute Gasteiger partial charge is 0.357 e. The minimum absolute atomic E-state index is 0.338. The van der Waals surface area contributed by atoms with Crippen LogP contribution in [-0.4, -0.2) is 22.1 Å². The highest BCUT2D eigenvalue weighted by molar-refractivity contribution is 7.98. The molecule has 0 atom stereocenters. The van der Waals surface area contributed by atoms with E-state index in [1.165, 1.54) is 16.7 Å². The van der Waals surface area contributed by atoms with E-state index >= 15 is 0 Å². The predicted molar refractivity (Wildman–Crippen MR) is 114 cm³/mol. The maximum Gasteiger partial charge on any atom is 0.357 e. The first-order chi connectivity index (χ1) is 13.7. The normalized spacial score (nSPS) is 10.8. The van der Waals surface area contributed by atoms with Crippen molar-refractivity contribution in [3.05, 3.63) is 77.1 Å². The fraction of sp³-hybridized carbons (Fsp3) is 0.304. The first-order valence-electron chi connectivity index (χ1n) is 9.72. The summed E-state index contributed by atoms with van der Waals surface area (Å²) in [7, 11) is 0. The van der Waals surface area contributed by atoms with Gasteiger partial charge in [-0.3, -0.25) is 4.57 Å². The van der Waals surface area contributed by atoms with Crippen LogP contribution in [0.1, 0.15) is 48.0 Å². The molecule has 0 unspecified atom stereocenters. The minimum Gasteiger partial charge on any atom is -0.461 e. The lowest BCUT2D eigenvalue weighted by molar-refractivity contribution is 0.0516. The number of rotatable bonds is 8. The van der Waals surface area contributed by atoms with E-state index in [9.17, 15) is 4.79 Å².